The van der Waals surface area contributed by atoms with Crippen LogP contribution in [0.3, 0.4) is 0 Å². The van der Waals surface area contributed by atoms with Crippen molar-refractivity contribution in [2.24, 2.45) is 21.7 Å². The fourth-order valence-electron chi connectivity index (χ4n) is 1.91. The van der Waals surface area contributed by atoms with E-state index in [1.54, 1.807) is 0 Å². The average Bonchev–Trinajstić information content (AvgIpc) is 2.45. The summed E-state index contributed by atoms with van der Waals surface area (Å²) in [6.07, 6.45) is 5.71. The summed E-state index contributed by atoms with van der Waals surface area (Å²) in [4.78, 5) is 8.36. The van der Waals surface area contributed by atoms with Crippen LogP contribution >= 0.6 is 0 Å². The molecule has 8 heteroatoms. The highest BCUT2D eigenvalue weighted by molar-refractivity contribution is 6.00. The molecular formula is C15H25N5O3. The summed E-state index contributed by atoms with van der Waals surface area (Å²) < 4.78 is 0. The van der Waals surface area contributed by atoms with Gasteiger partial charge in [-0.1, -0.05) is 56.0 Å². The molecular weight excluding hydrogens is 298 g/mol. The van der Waals surface area contributed by atoms with Gasteiger partial charge in [0, 0.05) is 0 Å². The smallest absolute Gasteiger partial charge is 0.291 e. The number of hydrogen-bond acceptors (Lipinski definition) is 4. The molecule has 5 N–H and O–H groups in total. The maximum absolute atomic E-state index is 8.36. The molecule has 8 nitrogen and oxygen atoms in total. The molecule has 0 unspecified atom stereocenters. The van der Waals surface area contributed by atoms with Crippen molar-refractivity contribution < 1.29 is 10.3 Å². The minimum absolute atomic E-state index is 0.00119. The van der Waals surface area contributed by atoms with Gasteiger partial charge in [0.15, 0.2) is 0 Å². The van der Waals surface area contributed by atoms with Gasteiger partial charge in [-0.25, -0.2) is 0 Å². The third-order valence-corrected chi connectivity index (χ3v) is 2.90. The van der Waals surface area contributed by atoms with Gasteiger partial charge in [0.25, 0.3) is 5.09 Å². The van der Waals surface area contributed by atoms with Crippen LogP contribution in [0.1, 0.15) is 50.2 Å². The van der Waals surface area contributed by atoms with Crippen molar-refractivity contribution in [1.82, 2.24) is 0 Å². The van der Waals surface area contributed by atoms with E-state index in [2.05, 4.69) is 36.2 Å². The SMILES string of the molecule is CCCCCC/C(=N\N=C(N)N)c1cccc(C)c1.O=[N+]([O-])O. The quantitative estimate of drug-likeness (QED) is 0.232. The molecule has 0 spiro atoms. The fraction of sp³-hybridized carbons (Fsp3) is 0.467. The van der Waals surface area contributed by atoms with Gasteiger partial charge in [-0.05, 0) is 25.3 Å². The Hall–Kier alpha value is -2.64. The molecule has 0 atom stereocenters. The van der Waals surface area contributed by atoms with E-state index in [1.165, 1.54) is 24.8 Å². The van der Waals surface area contributed by atoms with Crippen molar-refractivity contribution in [2.45, 2.75) is 46.0 Å². The van der Waals surface area contributed by atoms with Crippen molar-refractivity contribution in [3.05, 3.63) is 45.5 Å². The van der Waals surface area contributed by atoms with Gasteiger partial charge in [0.1, 0.15) is 0 Å². The Morgan fingerprint density at radius 1 is 1.26 bits per heavy atom. The van der Waals surface area contributed by atoms with Crippen LogP contribution in [0.2, 0.25) is 0 Å². The molecule has 0 aromatic heterocycles. The summed E-state index contributed by atoms with van der Waals surface area (Å²) in [5.74, 6) is -0.00119. The second-order valence-corrected chi connectivity index (χ2v) is 4.99. The first kappa shape index (κ1) is 20.4. The lowest BCUT2D eigenvalue weighted by atomic mass is 10.0. The molecule has 0 aliphatic heterocycles. The molecule has 0 fully saturated rings. The Labute approximate surface area is 136 Å². The molecule has 0 heterocycles. The highest BCUT2D eigenvalue weighted by atomic mass is 16.9. The number of benzene rings is 1. The lowest BCUT2D eigenvalue weighted by Crippen LogP contribution is -2.22. The number of hydrogen-bond donors (Lipinski definition) is 3. The largest absolute Gasteiger partial charge is 0.369 e. The van der Waals surface area contributed by atoms with E-state index in [1.807, 2.05) is 12.1 Å². The summed E-state index contributed by atoms with van der Waals surface area (Å²) in [5, 5.41) is 21.6. The minimum atomic E-state index is -1.50. The van der Waals surface area contributed by atoms with E-state index in [0.29, 0.717) is 0 Å². The van der Waals surface area contributed by atoms with Gasteiger partial charge in [-0.2, -0.15) is 5.10 Å². The highest BCUT2D eigenvalue weighted by Gasteiger charge is 2.04. The molecule has 23 heavy (non-hydrogen) atoms. The number of rotatable bonds is 7. The Balaban J connectivity index is 0.00000108. The van der Waals surface area contributed by atoms with Crippen LogP contribution in [0.4, 0.5) is 0 Å². The predicted molar refractivity (Wildman–Crippen MR) is 91.1 cm³/mol. The number of nitrogens with zero attached hydrogens (tertiary/aromatic N) is 3. The van der Waals surface area contributed by atoms with Crippen molar-refractivity contribution >= 4 is 11.7 Å². The molecule has 0 aliphatic rings. The lowest BCUT2D eigenvalue weighted by molar-refractivity contribution is -0.742. The first-order chi connectivity index (χ1) is 10.9. The van der Waals surface area contributed by atoms with E-state index in [0.717, 1.165) is 24.1 Å². The van der Waals surface area contributed by atoms with E-state index < -0.39 is 5.09 Å². The molecule has 1 aromatic rings. The van der Waals surface area contributed by atoms with Crippen molar-refractivity contribution in [3.8, 4) is 0 Å². The molecule has 0 radical (unpaired) electrons. The zero-order valence-electron chi connectivity index (χ0n) is 13.6. The molecule has 0 bridgehead atoms. The molecule has 0 saturated carbocycles. The van der Waals surface area contributed by atoms with Crippen LogP contribution in [0.5, 0.6) is 0 Å². The third-order valence-electron chi connectivity index (χ3n) is 2.90. The average molecular weight is 323 g/mol. The summed E-state index contributed by atoms with van der Waals surface area (Å²) >= 11 is 0. The molecule has 0 aliphatic carbocycles. The monoisotopic (exact) mass is 323 g/mol. The standard InChI is InChI=1S/C15H24N4.HNO3/c1-3-4-5-6-10-14(18-19-15(16)17)13-9-7-8-12(2)11-13;2-1(3)4/h7-9,11H,3-6,10H2,1-2H3,(H4,16,17,19);(H,2,3,4)/b18-14+;. The molecule has 128 valence electrons. The van der Waals surface area contributed by atoms with Crippen molar-refractivity contribution in [1.29, 1.82) is 0 Å². The number of unbranched alkanes of at least 4 members (excludes halogenated alkanes) is 3. The van der Waals surface area contributed by atoms with Crippen LogP contribution in [0.15, 0.2) is 34.5 Å². The summed E-state index contributed by atoms with van der Waals surface area (Å²) in [5.41, 5.74) is 14.0. The Morgan fingerprint density at radius 2 is 1.91 bits per heavy atom. The molecule has 0 saturated heterocycles. The third kappa shape index (κ3) is 11.7. The zero-order chi connectivity index (χ0) is 17.7. The predicted octanol–water partition coefficient (Wildman–Crippen LogP) is 2.60. The second-order valence-electron chi connectivity index (χ2n) is 4.99. The number of nitrogens with two attached hydrogens (primary N) is 2. The van der Waals surface area contributed by atoms with Gasteiger partial charge in [-0.3, -0.25) is 0 Å². The van der Waals surface area contributed by atoms with Crippen molar-refractivity contribution in [3.63, 3.8) is 0 Å². The van der Waals surface area contributed by atoms with Crippen molar-refractivity contribution in [2.75, 3.05) is 0 Å². The topological polar surface area (TPSA) is 140 Å². The van der Waals surface area contributed by atoms with Crippen LogP contribution in [-0.4, -0.2) is 22.0 Å². The normalized spacial score (nSPS) is 10.4. The van der Waals surface area contributed by atoms with Crippen LogP contribution in [0, 0.1) is 17.0 Å². The Morgan fingerprint density at radius 3 is 2.43 bits per heavy atom. The van der Waals surface area contributed by atoms with Gasteiger partial charge in [0.2, 0.25) is 5.96 Å². The maximum Gasteiger partial charge on any atom is 0.291 e. The minimum Gasteiger partial charge on any atom is -0.369 e. The lowest BCUT2D eigenvalue weighted by Gasteiger charge is -2.06. The van der Waals surface area contributed by atoms with E-state index in [9.17, 15) is 0 Å². The summed E-state index contributed by atoms with van der Waals surface area (Å²) in [6.45, 7) is 4.27. The van der Waals surface area contributed by atoms with E-state index in [4.69, 9.17) is 26.8 Å². The fourth-order valence-corrected chi connectivity index (χ4v) is 1.91. The van der Waals surface area contributed by atoms with Gasteiger partial charge in [-0.15, -0.1) is 15.2 Å². The first-order valence-corrected chi connectivity index (χ1v) is 7.42. The van der Waals surface area contributed by atoms with Gasteiger partial charge < -0.3 is 16.7 Å². The Kier molecular flexibility index (Phi) is 10.6. The summed E-state index contributed by atoms with van der Waals surface area (Å²) in [6, 6.07) is 8.26. The van der Waals surface area contributed by atoms with E-state index >= 15 is 0 Å². The molecule has 1 rings (SSSR count). The van der Waals surface area contributed by atoms with Crippen LogP contribution < -0.4 is 11.5 Å². The zero-order valence-corrected chi connectivity index (χ0v) is 13.6. The maximum atomic E-state index is 8.36. The Bertz CT molecular complexity index is 536. The molecule has 0 amide bonds. The molecule has 1 aromatic carbocycles. The first-order valence-electron chi connectivity index (χ1n) is 7.42. The highest BCUT2D eigenvalue weighted by Crippen LogP contribution is 2.12. The van der Waals surface area contributed by atoms with Gasteiger partial charge >= 0.3 is 0 Å². The second kappa shape index (κ2) is 12.0. The van der Waals surface area contributed by atoms with E-state index in [-0.39, 0.29) is 5.96 Å². The summed E-state index contributed by atoms with van der Waals surface area (Å²) in [7, 11) is 0. The van der Waals surface area contributed by atoms with Crippen LogP contribution in [0.25, 0.3) is 0 Å². The number of guanidine groups is 1. The van der Waals surface area contributed by atoms with Crippen LogP contribution in [-0.2, 0) is 0 Å². The number of aryl methyl sites for hydroxylation is 1. The van der Waals surface area contributed by atoms with Gasteiger partial charge in [0.05, 0.1) is 5.71 Å².